The molecule has 0 fully saturated rings. The first-order valence-corrected chi connectivity index (χ1v) is 7.44. The maximum absolute atomic E-state index is 4.32. The van der Waals surface area contributed by atoms with Crippen LogP contribution in [0.1, 0.15) is 29.2 Å². The van der Waals surface area contributed by atoms with Crippen molar-refractivity contribution in [1.82, 2.24) is 15.5 Å². The molecule has 0 aliphatic heterocycles. The maximum atomic E-state index is 4.32. The van der Waals surface area contributed by atoms with Gasteiger partial charge >= 0.3 is 0 Å². The second kappa shape index (κ2) is 6.10. The number of rotatable bonds is 5. The molecule has 1 heterocycles. The first kappa shape index (κ1) is 13.8. The van der Waals surface area contributed by atoms with Crippen LogP contribution in [0.5, 0.6) is 0 Å². The number of aromatic amines is 1. The fraction of sp³-hybridized carbons (Fsp3) is 0.278. The molecule has 3 nitrogen and oxygen atoms in total. The molecule has 3 rings (SSSR count). The molecule has 2 N–H and O–H groups in total. The van der Waals surface area contributed by atoms with Crippen LogP contribution in [0.3, 0.4) is 0 Å². The largest absolute Gasteiger partial charge is 0.320 e. The second-order valence-corrected chi connectivity index (χ2v) is 5.48. The monoisotopic (exact) mass is 279 g/mol. The van der Waals surface area contributed by atoms with Crippen LogP contribution in [-0.2, 0) is 0 Å². The van der Waals surface area contributed by atoms with Gasteiger partial charge in [-0.2, -0.15) is 5.10 Å². The van der Waals surface area contributed by atoms with E-state index in [0.29, 0.717) is 5.92 Å². The van der Waals surface area contributed by atoms with Crippen molar-refractivity contribution in [3.05, 3.63) is 65.4 Å². The van der Waals surface area contributed by atoms with Crippen LogP contribution < -0.4 is 5.32 Å². The summed E-state index contributed by atoms with van der Waals surface area (Å²) >= 11 is 0. The molecule has 0 spiro atoms. The van der Waals surface area contributed by atoms with Crippen molar-refractivity contribution >= 4 is 10.9 Å². The average Bonchev–Trinajstić information content (AvgIpc) is 2.90. The van der Waals surface area contributed by atoms with Gasteiger partial charge < -0.3 is 5.32 Å². The molecular weight excluding hydrogens is 258 g/mol. The molecule has 108 valence electrons. The predicted octanol–water partition coefficient (Wildman–Crippen LogP) is 3.61. The van der Waals surface area contributed by atoms with Crippen molar-refractivity contribution in [2.75, 3.05) is 13.6 Å². The van der Waals surface area contributed by atoms with Gasteiger partial charge in [0.05, 0.1) is 5.52 Å². The number of hydrogen-bond donors (Lipinski definition) is 2. The minimum Gasteiger partial charge on any atom is -0.320 e. The Balaban J connectivity index is 2.02. The zero-order chi connectivity index (χ0) is 14.7. The van der Waals surface area contributed by atoms with Crippen molar-refractivity contribution < 1.29 is 0 Å². The van der Waals surface area contributed by atoms with Gasteiger partial charge in [-0.15, -0.1) is 0 Å². The lowest BCUT2D eigenvalue weighted by Crippen LogP contribution is -2.13. The Bertz CT molecular complexity index is 716. The lowest BCUT2D eigenvalue weighted by atomic mass is 9.88. The first-order chi connectivity index (χ1) is 10.3. The minimum atomic E-state index is 0.414. The fourth-order valence-corrected chi connectivity index (χ4v) is 2.87. The van der Waals surface area contributed by atoms with Gasteiger partial charge in [-0.25, -0.2) is 0 Å². The number of hydrogen-bond acceptors (Lipinski definition) is 2. The molecule has 0 unspecified atom stereocenters. The molecule has 1 atom stereocenters. The summed E-state index contributed by atoms with van der Waals surface area (Å²) in [4.78, 5) is 0. The highest BCUT2D eigenvalue weighted by Crippen LogP contribution is 2.30. The van der Waals surface area contributed by atoms with E-state index in [2.05, 4.69) is 71.0 Å². The van der Waals surface area contributed by atoms with Crippen LogP contribution in [0.4, 0.5) is 0 Å². The van der Waals surface area contributed by atoms with E-state index < -0.39 is 0 Å². The van der Waals surface area contributed by atoms with E-state index in [1.165, 1.54) is 16.5 Å². The SMILES string of the molecule is CNCC[C@@H](c1ccccc1)c1ccc2n[nH]c(C)c2c1. The quantitative estimate of drug-likeness (QED) is 0.749. The third-order valence-corrected chi connectivity index (χ3v) is 4.06. The third-order valence-electron chi connectivity index (χ3n) is 4.06. The number of aryl methyl sites for hydroxylation is 1. The number of aromatic nitrogens is 2. The number of nitrogens with zero attached hydrogens (tertiary/aromatic N) is 1. The van der Waals surface area contributed by atoms with Crippen molar-refractivity contribution in [2.24, 2.45) is 0 Å². The molecule has 3 heteroatoms. The smallest absolute Gasteiger partial charge is 0.0923 e. The number of fused-ring (bicyclic) bond motifs is 1. The van der Waals surface area contributed by atoms with Gasteiger partial charge in [-0.1, -0.05) is 36.4 Å². The van der Waals surface area contributed by atoms with Gasteiger partial charge in [-0.3, -0.25) is 5.10 Å². The topological polar surface area (TPSA) is 40.7 Å². The highest BCUT2D eigenvalue weighted by atomic mass is 15.1. The third kappa shape index (κ3) is 2.83. The van der Waals surface area contributed by atoms with E-state index in [9.17, 15) is 0 Å². The molecule has 3 aromatic rings. The van der Waals surface area contributed by atoms with Gasteiger partial charge in [-0.05, 0) is 50.2 Å². The van der Waals surface area contributed by atoms with Crippen molar-refractivity contribution in [2.45, 2.75) is 19.3 Å². The Morgan fingerprint density at radius 2 is 1.90 bits per heavy atom. The summed E-state index contributed by atoms with van der Waals surface area (Å²) in [7, 11) is 2.01. The Kier molecular flexibility index (Phi) is 4.02. The van der Waals surface area contributed by atoms with E-state index in [1.54, 1.807) is 0 Å². The Labute approximate surface area is 125 Å². The molecule has 0 amide bonds. The van der Waals surface area contributed by atoms with Crippen molar-refractivity contribution in [3.8, 4) is 0 Å². The summed E-state index contributed by atoms with van der Waals surface area (Å²) in [6.45, 7) is 3.08. The molecule has 2 aromatic carbocycles. The number of H-pyrrole nitrogens is 1. The lowest BCUT2D eigenvalue weighted by Gasteiger charge is -2.18. The molecule has 0 aliphatic carbocycles. The normalized spacial score (nSPS) is 12.7. The highest BCUT2D eigenvalue weighted by Gasteiger charge is 2.15. The minimum absolute atomic E-state index is 0.414. The van der Waals surface area contributed by atoms with E-state index in [1.807, 2.05) is 7.05 Å². The summed E-state index contributed by atoms with van der Waals surface area (Å²) in [5.41, 5.74) is 4.89. The van der Waals surface area contributed by atoms with Crippen LogP contribution in [0.15, 0.2) is 48.5 Å². The van der Waals surface area contributed by atoms with Gasteiger partial charge in [0, 0.05) is 17.0 Å². The first-order valence-electron chi connectivity index (χ1n) is 7.44. The Morgan fingerprint density at radius 3 is 2.67 bits per heavy atom. The summed E-state index contributed by atoms with van der Waals surface area (Å²) < 4.78 is 0. The second-order valence-electron chi connectivity index (χ2n) is 5.48. The van der Waals surface area contributed by atoms with E-state index in [0.717, 1.165) is 24.2 Å². The van der Waals surface area contributed by atoms with E-state index >= 15 is 0 Å². The highest BCUT2D eigenvalue weighted by molar-refractivity contribution is 5.82. The van der Waals surface area contributed by atoms with Crippen molar-refractivity contribution in [3.63, 3.8) is 0 Å². The molecule has 0 saturated carbocycles. The van der Waals surface area contributed by atoms with Crippen LogP contribution in [-0.4, -0.2) is 23.8 Å². The van der Waals surface area contributed by atoms with Gasteiger partial charge in [0.25, 0.3) is 0 Å². The van der Waals surface area contributed by atoms with Crippen LogP contribution in [0.2, 0.25) is 0 Å². The van der Waals surface area contributed by atoms with Gasteiger partial charge in [0.2, 0.25) is 0 Å². The summed E-state index contributed by atoms with van der Waals surface area (Å²) in [5.74, 6) is 0.414. The standard InChI is InChI=1S/C18H21N3/c1-13-17-12-15(8-9-18(17)21-20-13)16(10-11-19-2)14-6-4-3-5-7-14/h3-9,12,16,19H,10-11H2,1-2H3,(H,20,21)/t16-/m0/s1. The molecule has 21 heavy (non-hydrogen) atoms. The Hall–Kier alpha value is -2.13. The number of benzene rings is 2. The lowest BCUT2D eigenvalue weighted by molar-refractivity contribution is 0.662. The van der Waals surface area contributed by atoms with E-state index in [4.69, 9.17) is 0 Å². The maximum Gasteiger partial charge on any atom is 0.0923 e. The van der Waals surface area contributed by atoms with Crippen molar-refractivity contribution in [1.29, 1.82) is 0 Å². The predicted molar refractivity (Wildman–Crippen MR) is 87.7 cm³/mol. The molecular formula is C18H21N3. The van der Waals surface area contributed by atoms with Crippen LogP contribution in [0, 0.1) is 6.92 Å². The molecule has 0 bridgehead atoms. The molecule has 0 aliphatic rings. The van der Waals surface area contributed by atoms with Gasteiger partial charge in [0.15, 0.2) is 0 Å². The Morgan fingerprint density at radius 1 is 1.10 bits per heavy atom. The fourth-order valence-electron chi connectivity index (χ4n) is 2.87. The molecule has 0 saturated heterocycles. The zero-order valence-corrected chi connectivity index (χ0v) is 12.6. The summed E-state index contributed by atoms with van der Waals surface area (Å²) in [5, 5.41) is 11.9. The zero-order valence-electron chi connectivity index (χ0n) is 12.6. The average molecular weight is 279 g/mol. The van der Waals surface area contributed by atoms with E-state index in [-0.39, 0.29) is 0 Å². The van der Waals surface area contributed by atoms with Gasteiger partial charge in [0.1, 0.15) is 0 Å². The van der Waals surface area contributed by atoms with Crippen LogP contribution >= 0.6 is 0 Å². The summed E-state index contributed by atoms with van der Waals surface area (Å²) in [6.07, 6.45) is 1.09. The molecule has 1 aromatic heterocycles. The number of nitrogens with one attached hydrogen (secondary N) is 2. The molecule has 0 radical (unpaired) electrons. The summed E-state index contributed by atoms with van der Waals surface area (Å²) in [6, 6.07) is 17.3. The van der Waals surface area contributed by atoms with Crippen LogP contribution in [0.25, 0.3) is 10.9 Å².